The summed E-state index contributed by atoms with van der Waals surface area (Å²) in [5, 5.41) is 7.67. The van der Waals surface area contributed by atoms with Gasteiger partial charge in [-0.1, -0.05) is 0 Å². The Kier molecular flexibility index (Phi) is 6.41. The van der Waals surface area contributed by atoms with Crippen LogP contribution in [0.25, 0.3) is 11.3 Å². The van der Waals surface area contributed by atoms with Crippen molar-refractivity contribution in [2.45, 2.75) is 50.4 Å². The number of hydrogen-bond acceptors (Lipinski definition) is 5. The van der Waals surface area contributed by atoms with Gasteiger partial charge in [0.25, 0.3) is 0 Å². The Morgan fingerprint density at radius 1 is 1.03 bits per heavy atom. The smallest absolute Gasteiger partial charge is 0.381 e. The molecule has 2 aromatic rings. The standard InChI is InChI=1S/C24H26F6N4O/c25-14-7-17(22(27)19(26)8-14)20-10-18(24(28,29)30)23(33-32-20)34-11-13-6-15(31)9-16(13)21(34)5-12-1-3-35-4-2-12/h7-8,10,12-13,15-16,21H,1-6,9,11,31H2/t13-,15+,16+,21+/m1/s1. The minimum atomic E-state index is -4.83. The highest BCUT2D eigenvalue weighted by atomic mass is 19.4. The first-order chi connectivity index (χ1) is 16.6. The van der Waals surface area contributed by atoms with Crippen molar-refractivity contribution in [3.05, 3.63) is 41.2 Å². The predicted molar refractivity (Wildman–Crippen MR) is 116 cm³/mol. The summed E-state index contributed by atoms with van der Waals surface area (Å²) < 4.78 is 89.8. The van der Waals surface area contributed by atoms with Crippen LogP contribution in [0, 0.1) is 35.2 Å². The molecule has 0 radical (unpaired) electrons. The molecule has 3 aliphatic rings. The number of nitrogens with zero attached hydrogens (tertiary/aromatic N) is 3. The molecule has 5 nitrogen and oxygen atoms in total. The van der Waals surface area contributed by atoms with Gasteiger partial charge in [-0.15, -0.1) is 10.2 Å². The predicted octanol–water partition coefficient (Wildman–Crippen LogP) is 4.94. The molecule has 1 aliphatic carbocycles. The Morgan fingerprint density at radius 2 is 1.77 bits per heavy atom. The summed E-state index contributed by atoms with van der Waals surface area (Å²) in [7, 11) is 0. The molecule has 2 saturated heterocycles. The highest BCUT2D eigenvalue weighted by molar-refractivity contribution is 5.64. The first-order valence-electron chi connectivity index (χ1n) is 11.8. The van der Waals surface area contributed by atoms with Crippen molar-refractivity contribution in [3.8, 4) is 11.3 Å². The Morgan fingerprint density at radius 3 is 2.49 bits per heavy atom. The van der Waals surface area contributed by atoms with E-state index in [1.807, 2.05) is 0 Å². The van der Waals surface area contributed by atoms with Crippen molar-refractivity contribution in [2.24, 2.45) is 23.5 Å². The molecule has 0 amide bonds. The molecule has 1 saturated carbocycles. The normalized spacial score (nSPS) is 27.5. The van der Waals surface area contributed by atoms with Crippen LogP contribution in [0.4, 0.5) is 32.2 Å². The van der Waals surface area contributed by atoms with Gasteiger partial charge in [-0.2, -0.15) is 13.2 Å². The lowest BCUT2D eigenvalue weighted by molar-refractivity contribution is -0.137. The average molecular weight is 500 g/mol. The zero-order chi connectivity index (χ0) is 24.9. The van der Waals surface area contributed by atoms with E-state index >= 15 is 0 Å². The molecule has 190 valence electrons. The summed E-state index contributed by atoms with van der Waals surface area (Å²) in [5.41, 5.74) is 3.78. The minimum absolute atomic E-state index is 0.0192. The fourth-order valence-electron chi connectivity index (χ4n) is 6.05. The number of fused-ring (bicyclic) bond motifs is 1. The summed E-state index contributed by atoms with van der Waals surface area (Å²) >= 11 is 0. The third kappa shape index (κ3) is 4.72. The van der Waals surface area contributed by atoms with Crippen molar-refractivity contribution in [1.29, 1.82) is 0 Å². The van der Waals surface area contributed by atoms with E-state index in [0.717, 1.165) is 25.7 Å². The number of aromatic nitrogens is 2. The Balaban J connectivity index is 1.54. The van der Waals surface area contributed by atoms with Gasteiger partial charge >= 0.3 is 6.18 Å². The molecule has 2 aliphatic heterocycles. The van der Waals surface area contributed by atoms with E-state index in [1.165, 1.54) is 0 Å². The monoisotopic (exact) mass is 500 g/mol. The fourth-order valence-corrected chi connectivity index (χ4v) is 6.05. The molecule has 35 heavy (non-hydrogen) atoms. The lowest BCUT2D eigenvalue weighted by atomic mass is 9.84. The molecule has 3 fully saturated rings. The first-order valence-corrected chi connectivity index (χ1v) is 11.8. The zero-order valence-electron chi connectivity index (χ0n) is 18.9. The van der Waals surface area contributed by atoms with Gasteiger partial charge in [0.2, 0.25) is 0 Å². The summed E-state index contributed by atoms with van der Waals surface area (Å²) in [6.07, 6.45) is -0.993. The number of nitrogens with two attached hydrogens (primary N) is 1. The highest BCUT2D eigenvalue weighted by Crippen LogP contribution is 2.48. The van der Waals surface area contributed by atoms with Crippen LogP contribution in [0.2, 0.25) is 0 Å². The Labute approximate surface area is 198 Å². The van der Waals surface area contributed by atoms with Crippen molar-refractivity contribution < 1.29 is 31.1 Å². The van der Waals surface area contributed by atoms with Gasteiger partial charge in [-0.3, -0.25) is 0 Å². The van der Waals surface area contributed by atoms with Gasteiger partial charge in [0.15, 0.2) is 17.5 Å². The molecule has 11 heteroatoms. The topological polar surface area (TPSA) is 64.3 Å². The maximum Gasteiger partial charge on any atom is 0.420 e. The lowest BCUT2D eigenvalue weighted by Gasteiger charge is -2.34. The number of halogens is 6. The molecule has 5 rings (SSSR count). The van der Waals surface area contributed by atoms with Crippen LogP contribution >= 0.6 is 0 Å². The third-order valence-corrected chi connectivity index (χ3v) is 7.65. The quantitative estimate of drug-likeness (QED) is 0.476. The second-order valence-corrected chi connectivity index (χ2v) is 9.88. The Bertz CT molecular complexity index is 1090. The van der Waals surface area contributed by atoms with E-state index < -0.39 is 40.4 Å². The summed E-state index contributed by atoms with van der Waals surface area (Å²) in [6.45, 7) is 1.62. The molecular weight excluding hydrogens is 474 g/mol. The van der Waals surface area contributed by atoms with E-state index in [2.05, 4.69) is 10.2 Å². The largest absolute Gasteiger partial charge is 0.420 e. The van der Waals surface area contributed by atoms with Gasteiger partial charge in [-0.05, 0) is 62.0 Å². The second kappa shape index (κ2) is 9.24. The third-order valence-electron chi connectivity index (χ3n) is 7.65. The van der Waals surface area contributed by atoms with Gasteiger partial charge in [0, 0.05) is 43.5 Å². The van der Waals surface area contributed by atoms with Gasteiger partial charge in [0.1, 0.15) is 11.4 Å². The van der Waals surface area contributed by atoms with E-state index in [-0.39, 0.29) is 29.7 Å². The highest BCUT2D eigenvalue weighted by Gasteiger charge is 2.49. The van der Waals surface area contributed by atoms with Gasteiger partial charge in [0.05, 0.1) is 5.69 Å². The van der Waals surface area contributed by atoms with Gasteiger partial charge in [-0.25, -0.2) is 13.2 Å². The fraction of sp³-hybridized carbons (Fsp3) is 0.583. The van der Waals surface area contributed by atoms with Crippen LogP contribution in [0.5, 0.6) is 0 Å². The number of benzene rings is 1. The number of alkyl halides is 3. The second-order valence-electron chi connectivity index (χ2n) is 9.88. The minimum Gasteiger partial charge on any atom is -0.381 e. The molecule has 3 heterocycles. The number of ether oxygens (including phenoxy) is 1. The van der Waals surface area contributed by atoms with E-state index in [4.69, 9.17) is 10.5 Å². The first kappa shape index (κ1) is 24.3. The van der Waals surface area contributed by atoms with Crippen molar-refractivity contribution in [2.75, 3.05) is 24.7 Å². The van der Waals surface area contributed by atoms with Crippen LogP contribution in [-0.2, 0) is 10.9 Å². The molecule has 0 unspecified atom stereocenters. The molecule has 0 bridgehead atoms. The van der Waals surface area contributed by atoms with Crippen molar-refractivity contribution in [1.82, 2.24) is 10.2 Å². The van der Waals surface area contributed by atoms with Crippen LogP contribution in [0.1, 0.15) is 37.7 Å². The zero-order valence-corrected chi connectivity index (χ0v) is 18.9. The van der Waals surface area contributed by atoms with Crippen molar-refractivity contribution >= 4 is 5.82 Å². The SMILES string of the molecule is N[C@H]1C[C@@H]2CN(c3nnc(-c4cc(F)cc(F)c4F)cc3C(F)(F)F)[C@@H](CC3CCOCC3)[C@H]2C1. The maximum atomic E-state index is 14.3. The van der Waals surface area contributed by atoms with E-state index in [0.29, 0.717) is 50.3 Å². The summed E-state index contributed by atoms with van der Waals surface area (Å²) in [5.74, 6) is -3.85. The lowest BCUT2D eigenvalue weighted by Crippen LogP contribution is -2.39. The molecule has 0 spiro atoms. The molecule has 1 aromatic heterocycles. The van der Waals surface area contributed by atoms with Gasteiger partial charge < -0.3 is 15.4 Å². The average Bonchev–Trinajstić information content (AvgIpc) is 3.32. The molecule has 1 aromatic carbocycles. The number of hydrogen-bond donors (Lipinski definition) is 1. The molecular formula is C24H26F6N4O. The van der Waals surface area contributed by atoms with E-state index in [1.54, 1.807) is 4.90 Å². The number of anilines is 1. The van der Waals surface area contributed by atoms with Crippen LogP contribution in [0.3, 0.4) is 0 Å². The summed E-state index contributed by atoms with van der Waals surface area (Å²) in [6, 6.07) is 1.38. The van der Waals surface area contributed by atoms with Crippen LogP contribution in [0.15, 0.2) is 18.2 Å². The summed E-state index contributed by atoms with van der Waals surface area (Å²) in [4.78, 5) is 1.68. The Hall–Kier alpha value is -2.40. The molecule has 2 N–H and O–H groups in total. The molecule has 4 atom stereocenters. The van der Waals surface area contributed by atoms with Crippen LogP contribution in [-0.4, -0.2) is 42.0 Å². The number of rotatable bonds is 4. The van der Waals surface area contributed by atoms with Crippen molar-refractivity contribution in [3.63, 3.8) is 0 Å². The van der Waals surface area contributed by atoms with E-state index in [9.17, 15) is 26.3 Å². The maximum absolute atomic E-state index is 14.3. The van der Waals surface area contributed by atoms with Crippen LogP contribution < -0.4 is 10.6 Å².